The largest absolute Gasteiger partial charge is 0.458 e. The van der Waals surface area contributed by atoms with Gasteiger partial charge in [0.15, 0.2) is 0 Å². The Labute approximate surface area is 169 Å². The highest BCUT2D eigenvalue weighted by molar-refractivity contribution is 6.21. The summed E-state index contributed by atoms with van der Waals surface area (Å²) in [6, 6.07) is 6.59. The van der Waals surface area contributed by atoms with Crippen LogP contribution in [-0.2, 0) is 25.4 Å². The summed E-state index contributed by atoms with van der Waals surface area (Å²) in [5.74, 6) is -1.65. The maximum atomic E-state index is 13.4. The molecule has 1 aliphatic carbocycles. The predicted octanol–water partition coefficient (Wildman–Crippen LogP) is 2.63. The number of nitrogens with zero attached hydrogens (tertiary/aromatic N) is 1. The zero-order valence-corrected chi connectivity index (χ0v) is 17.2. The number of hydrazine groups is 1. The second kappa shape index (κ2) is 8.50. The lowest BCUT2D eigenvalue weighted by Crippen LogP contribution is -2.68. The van der Waals surface area contributed by atoms with E-state index in [1.165, 1.54) is 0 Å². The van der Waals surface area contributed by atoms with Crippen LogP contribution in [0.1, 0.15) is 50.5 Å². The number of nitrogens with one attached hydrogen (secondary N) is 1. The van der Waals surface area contributed by atoms with Crippen molar-refractivity contribution >= 4 is 23.9 Å². The van der Waals surface area contributed by atoms with E-state index in [0.717, 1.165) is 0 Å². The van der Waals surface area contributed by atoms with Gasteiger partial charge in [0.25, 0.3) is 0 Å². The highest BCUT2D eigenvalue weighted by atomic mass is 16.6. The van der Waals surface area contributed by atoms with Crippen molar-refractivity contribution in [1.29, 1.82) is 0 Å². The first kappa shape index (κ1) is 22.2. The number of carbonyl (C=O) groups is 4. The van der Waals surface area contributed by atoms with Crippen LogP contribution in [0.4, 0.5) is 9.59 Å². The maximum Gasteiger partial charge on any atom is 0.430 e. The zero-order valence-electron chi connectivity index (χ0n) is 17.2. The number of benzene rings is 1. The van der Waals surface area contributed by atoms with E-state index in [9.17, 15) is 19.2 Å². The summed E-state index contributed by atoms with van der Waals surface area (Å²) in [6.45, 7) is 8.04. The van der Waals surface area contributed by atoms with Gasteiger partial charge in [0.1, 0.15) is 5.60 Å². The molecule has 158 valence electrons. The molecule has 0 aliphatic heterocycles. The molecule has 1 aromatic rings. The number of hydrogen-bond acceptors (Lipinski definition) is 7. The number of fused-ring (bicyclic) bond motifs is 1. The molecular formula is C20H26N2O7. The molecule has 29 heavy (non-hydrogen) atoms. The molecule has 0 heterocycles. The molecule has 0 fully saturated rings. The molecule has 2 rings (SSSR count). The fourth-order valence-electron chi connectivity index (χ4n) is 3.01. The lowest BCUT2D eigenvalue weighted by atomic mass is 9.93. The molecule has 0 unspecified atom stereocenters. The smallest absolute Gasteiger partial charge is 0.430 e. The SMILES string of the molecule is CCOC(=O)NN(C(=O)OCC)[C@]1(C(=O)OC(C)(C)C)Cc2ccccc2C1=O. The normalized spacial score (nSPS) is 17.9. The predicted molar refractivity (Wildman–Crippen MR) is 102 cm³/mol. The third kappa shape index (κ3) is 4.49. The first-order valence-electron chi connectivity index (χ1n) is 9.33. The summed E-state index contributed by atoms with van der Waals surface area (Å²) >= 11 is 0. The standard InChI is InChI=1S/C20H26N2O7/c1-6-27-17(25)21-22(18(26)28-7-2)20(16(24)29-19(3,4)5)12-13-10-8-9-11-14(13)15(20)23/h8-11H,6-7,12H2,1-5H3,(H,21,25)/t20-/m1/s1. The Morgan fingerprint density at radius 3 is 2.28 bits per heavy atom. The molecule has 1 aromatic carbocycles. The van der Waals surface area contributed by atoms with E-state index >= 15 is 0 Å². The summed E-state index contributed by atoms with van der Waals surface area (Å²) in [5.41, 5.74) is -0.0976. The second-order valence-corrected chi connectivity index (χ2v) is 7.39. The van der Waals surface area contributed by atoms with Gasteiger partial charge >= 0.3 is 18.2 Å². The van der Waals surface area contributed by atoms with Gasteiger partial charge in [0.05, 0.1) is 13.2 Å². The van der Waals surface area contributed by atoms with Gasteiger partial charge in [-0.1, -0.05) is 24.3 Å². The molecule has 1 atom stereocenters. The molecule has 0 aromatic heterocycles. The third-order valence-corrected chi connectivity index (χ3v) is 4.13. The Morgan fingerprint density at radius 2 is 1.72 bits per heavy atom. The van der Waals surface area contributed by atoms with Gasteiger partial charge in [0.2, 0.25) is 11.3 Å². The van der Waals surface area contributed by atoms with Crippen molar-refractivity contribution in [2.24, 2.45) is 0 Å². The first-order valence-corrected chi connectivity index (χ1v) is 9.33. The zero-order chi connectivity index (χ0) is 21.8. The Bertz CT molecular complexity index is 815. The van der Waals surface area contributed by atoms with Crippen molar-refractivity contribution in [3.8, 4) is 0 Å². The van der Waals surface area contributed by atoms with E-state index < -0.39 is 35.1 Å². The third-order valence-electron chi connectivity index (χ3n) is 4.13. The number of amides is 2. The first-order chi connectivity index (χ1) is 13.6. The van der Waals surface area contributed by atoms with Crippen molar-refractivity contribution in [1.82, 2.24) is 10.4 Å². The van der Waals surface area contributed by atoms with Crippen LogP contribution >= 0.6 is 0 Å². The van der Waals surface area contributed by atoms with Crippen LogP contribution in [0.2, 0.25) is 0 Å². The van der Waals surface area contributed by atoms with E-state index in [4.69, 9.17) is 14.2 Å². The van der Waals surface area contributed by atoms with E-state index in [2.05, 4.69) is 5.43 Å². The number of hydrogen-bond donors (Lipinski definition) is 1. The number of rotatable bonds is 4. The molecule has 1 aliphatic rings. The van der Waals surface area contributed by atoms with Crippen LogP contribution in [0.5, 0.6) is 0 Å². The number of ketones is 1. The molecule has 1 N–H and O–H groups in total. The van der Waals surface area contributed by atoms with Crippen molar-refractivity contribution in [2.75, 3.05) is 13.2 Å². The number of Topliss-reactive ketones (excluding diaryl/α,β-unsaturated/α-hetero) is 1. The fourth-order valence-corrected chi connectivity index (χ4v) is 3.01. The fraction of sp³-hybridized carbons (Fsp3) is 0.500. The van der Waals surface area contributed by atoms with Crippen LogP contribution in [0.3, 0.4) is 0 Å². The molecule has 0 spiro atoms. The Kier molecular flexibility index (Phi) is 6.51. The quantitative estimate of drug-likeness (QED) is 0.354. The summed E-state index contributed by atoms with van der Waals surface area (Å²) in [6.07, 6.45) is -2.26. The van der Waals surface area contributed by atoms with Gasteiger partial charge in [0, 0.05) is 12.0 Å². The average Bonchev–Trinajstić information content (AvgIpc) is 2.93. The van der Waals surface area contributed by atoms with Crippen molar-refractivity contribution in [3.63, 3.8) is 0 Å². The van der Waals surface area contributed by atoms with Gasteiger partial charge in [-0.3, -0.25) is 4.79 Å². The van der Waals surface area contributed by atoms with E-state index in [1.54, 1.807) is 58.9 Å². The Balaban J connectivity index is 2.60. The molecule has 0 bridgehead atoms. The van der Waals surface area contributed by atoms with Gasteiger partial charge in [-0.15, -0.1) is 0 Å². The van der Waals surface area contributed by atoms with Crippen LogP contribution < -0.4 is 5.43 Å². The second-order valence-electron chi connectivity index (χ2n) is 7.39. The minimum absolute atomic E-state index is 0.0239. The topological polar surface area (TPSA) is 111 Å². The van der Waals surface area contributed by atoms with Gasteiger partial charge in [-0.2, -0.15) is 5.01 Å². The van der Waals surface area contributed by atoms with Gasteiger partial charge in [-0.05, 0) is 40.2 Å². The van der Waals surface area contributed by atoms with Crippen molar-refractivity contribution < 1.29 is 33.4 Å². The monoisotopic (exact) mass is 406 g/mol. The number of ether oxygens (including phenoxy) is 3. The molecule has 2 amide bonds. The minimum Gasteiger partial charge on any atom is -0.458 e. The van der Waals surface area contributed by atoms with Crippen LogP contribution in [-0.4, -0.2) is 53.3 Å². The molecule has 9 nitrogen and oxygen atoms in total. The van der Waals surface area contributed by atoms with E-state index in [-0.39, 0.29) is 25.2 Å². The van der Waals surface area contributed by atoms with Crippen LogP contribution in [0.15, 0.2) is 24.3 Å². The summed E-state index contributed by atoms with van der Waals surface area (Å²) in [5, 5.41) is 0.588. The lowest BCUT2D eigenvalue weighted by molar-refractivity contribution is -0.166. The Hall–Kier alpha value is -3.10. The van der Waals surface area contributed by atoms with Gasteiger partial charge in [-0.25, -0.2) is 19.8 Å². The molecular weight excluding hydrogens is 380 g/mol. The molecule has 0 saturated carbocycles. The lowest BCUT2D eigenvalue weighted by Gasteiger charge is -2.37. The molecule has 0 saturated heterocycles. The number of esters is 1. The molecule has 0 radical (unpaired) electrons. The highest BCUT2D eigenvalue weighted by Crippen LogP contribution is 2.36. The van der Waals surface area contributed by atoms with E-state index in [0.29, 0.717) is 10.6 Å². The minimum atomic E-state index is -2.16. The Morgan fingerprint density at radius 1 is 1.10 bits per heavy atom. The van der Waals surface area contributed by atoms with Crippen LogP contribution in [0, 0.1) is 0 Å². The van der Waals surface area contributed by atoms with Crippen molar-refractivity contribution in [2.45, 2.75) is 52.2 Å². The number of carbonyl (C=O) groups excluding carboxylic acids is 4. The average molecular weight is 406 g/mol. The van der Waals surface area contributed by atoms with Crippen molar-refractivity contribution in [3.05, 3.63) is 35.4 Å². The summed E-state index contributed by atoms with van der Waals surface area (Å²) in [7, 11) is 0. The van der Waals surface area contributed by atoms with Gasteiger partial charge < -0.3 is 14.2 Å². The van der Waals surface area contributed by atoms with E-state index in [1.807, 2.05) is 0 Å². The highest BCUT2D eigenvalue weighted by Gasteiger charge is 2.61. The maximum absolute atomic E-state index is 13.4. The van der Waals surface area contributed by atoms with Crippen LogP contribution in [0.25, 0.3) is 0 Å². The summed E-state index contributed by atoms with van der Waals surface area (Å²) < 4.78 is 15.3. The molecule has 9 heteroatoms. The summed E-state index contributed by atoms with van der Waals surface area (Å²) in [4.78, 5) is 51.5.